The molecule has 134 valence electrons. The van der Waals surface area contributed by atoms with Crippen molar-refractivity contribution < 1.29 is 4.79 Å². The molecule has 1 aromatic rings. The minimum absolute atomic E-state index is 0.0741. The topological polar surface area (TPSA) is 32.3 Å². The number of hydrogen-bond donors (Lipinski definition) is 1. The smallest absolute Gasteiger partial charge is 0.227 e. The largest absolute Gasteiger partial charge is 0.356 e. The summed E-state index contributed by atoms with van der Waals surface area (Å²) in [7, 11) is 0. The third-order valence-electron chi connectivity index (χ3n) is 4.94. The van der Waals surface area contributed by atoms with Gasteiger partial charge in [0.1, 0.15) is 0 Å². The quantitative estimate of drug-likeness (QED) is 0.731. The number of nitrogens with one attached hydrogen (secondary N) is 1. The minimum atomic E-state index is -0.0741. The van der Waals surface area contributed by atoms with E-state index in [9.17, 15) is 4.79 Å². The van der Waals surface area contributed by atoms with E-state index in [1.165, 1.54) is 43.5 Å². The maximum Gasteiger partial charge on any atom is 0.227 e. The van der Waals surface area contributed by atoms with Gasteiger partial charge in [-0.15, -0.1) is 0 Å². The minimum Gasteiger partial charge on any atom is -0.356 e. The average Bonchev–Trinajstić information content (AvgIpc) is 2.59. The molecule has 0 saturated carbocycles. The molecule has 0 aliphatic carbocycles. The summed E-state index contributed by atoms with van der Waals surface area (Å²) in [5.41, 5.74) is 2.49. The number of amides is 1. The first-order valence-corrected chi connectivity index (χ1v) is 9.65. The fourth-order valence-electron chi connectivity index (χ4n) is 3.57. The van der Waals surface area contributed by atoms with E-state index in [-0.39, 0.29) is 11.8 Å². The summed E-state index contributed by atoms with van der Waals surface area (Å²) in [6, 6.07) is 8.38. The molecule has 2 rings (SSSR count). The molecule has 3 nitrogen and oxygen atoms in total. The number of hydrogen-bond acceptors (Lipinski definition) is 2. The first-order valence-electron chi connectivity index (χ1n) is 9.65. The molecule has 1 atom stereocenters. The van der Waals surface area contributed by atoms with Gasteiger partial charge in [0.25, 0.3) is 0 Å². The Balaban J connectivity index is 1.79. The van der Waals surface area contributed by atoms with Gasteiger partial charge in [-0.05, 0) is 69.3 Å². The van der Waals surface area contributed by atoms with Gasteiger partial charge >= 0.3 is 0 Å². The van der Waals surface area contributed by atoms with Crippen LogP contribution in [-0.2, 0) is 11.2 Å². The number of piperidine rings is 1. The first kappa shape index (κ1) is 19.0. The second-order valence-electron chi connectivity index (χ2n) is 7.57. The zero-order chi connectivity index (χ0) is 17.4. The summed E-state index contributed by atoms with van der Waals surface area (Å²) < 4.78 is 0. The molecule has 1 amide bonds. The van der Waals surface area contributed by atoms with Crippen LogP contribution in [0.4, 0.5) is 0 Å². The van der Waals surface area contributed by atoms with Gasteiger partial charge < -0.3 is 10.2 Å². The summed E-state index contributed by atoms with van der Waals surface area (Å²) in [4.78, 5) is 15.0. The number of carbonyl (C=O) groups is 1. The van der Waals surface area contributed by atoms with Crippen molar-refractivity contribution in [3.63, 3.8) is 0 Å². The Hall–Kier alpha value is -1.35. The van der Waals surface area contributed by atoms with Gasteiger partial charge in [0, 0.05) is 6.54 Å². The Morgan fingerprint density at radius 2 is 1.83 bits per heavy atom. The molecule has 1 saturated heterocycles. The molecule has 0 spiro atoms. The summed E-state index contributed by atoms with van der Waals surface area (Å²) >= 11 is 0. The van der Waals surface area contributed by atoms with Crippen molar-refractivity contribution >= 4 is 5.91 Å². The number of benzene rings is 1. The summed E-state index contributed by atoms with van der Waals surface area (Å²) in [6.45, 7) is 10.8. The molecular weight excluding hydrogens is 296 g/mol. The van der Waals surface area contributed by atoms with Gasteiger partial charge in [-0.2, -0.15) is 0 Å². The van der Waals surface area contributed by atoms with Gasteiger partial charge in [-0.3, -0.25) is 4.79 Å². The van der Waals surface area contributed by atoms with Crippen LogP contribution in [0.2, 0.25) is 0 Å². The lowest BCUT2D eigenvalue weighted by atomic mass is 9.90. The number of likely N-dealkylation sites (tertiary alicyclic amines) is 1. The van der Waals surface area contributed by atoms with E-state index >= 15 is 0 Å². The predicted octanol–water partition coefficient (Wildman–Crippen LogP) is 3.98. The van der Waals surface area contributed by atoms with Crippen LogP contribution < -0.4 is 5.32 Å². The Bertz CT molecular complexity index is 506. The monoisotopic (exact) mass is 330 g/mol. The lowest BCUT2D eigenvalue weighted by Crippen LogP contribution is -2.34. The third kappa shape index (κ3) is 5.94. The lowest BCUT2D eigenvalue weighted by molar-refractivity contribution is -0.122. The van der Waals surface area contributed by atoms with Crippen molar-refractivity contribution in [1.29, 1.82) is 0 Å². The van der Waals surface area contributed by atoms with Crippen molar-refractivity contribution in [2.45, 2.75) is 58.8 Å². The molecule has 1 aliphatic heterocycles. The maximum absolute atomic E-state index is 12.5. The highest BCUT2D eigenvalue weighted by molar-refractivity contribution is 5.83. The zero-order valence-electron chi connectivity index (χ0n) is 15.7. The number of rotatable bonds is 8. The molecule has 1 aromatic carbocycles. The van der Waals surface area contributed by atoms with E-state index in [0.29, 0.717) is 5.92 Å². The van der Waals surface area contributed by atoms with Crippen LogP contribution in [0.5, 0.6) is 0 Å². The van der Waals surface area contributed by atoms with Crippen molar-refractivity contribution in [2.24, 2.45) is 5.92 Å². The second kappa shape index (κ2) is 9.83. The highest BCUT2D eigenvalue weighted by Crippen LogP contribution is 2.22. The van der Waals surface area contributed by atoms with Crippen molar-refractivity contribution in [3.05, 3.63) is 35.4 Å². The summed E-state index contributed by atoms with van der Waals surface area (Å²) in [5.74, 6) is 0.686. The van der Waals surface area contributed by atoms with E-state index in [1.54, 1.807) is 0 Å². The molecule has 0 radical (unpaired) electrons. The van der Waals surface area contributed by atoms with Crippen molar-refractivity contribution in [3.8, 4) is 0 Å². The number of carbonyl (C=O) groups excluding carboxylic acids is 1. The maximum atomic E-state index is 12.5. The second-order valence-corrected chi connectivity index (χ2v) is 7.57. The standard InChI is InChI=1S/C21H34N2O/c1-17(2)16-19-10-5-6-11-20(19)18(3)21(24)22-12-9-15-23-13-7-4-8-14-23/h5-6,10-11,17-18H,4,7-9,12-16H2,1-3H3,(H,22,24)/t18-/m1/s1. The summed E-state index contributed by atoms with van der Waals surface area (Å²) in [6.07, 6.45) is 6.11. The molecule has 1 heterocycles. The zero-order valence-corrected chi connectivity index (χ0v) is 15.7. The average molecular weight is 331 g/mol. The van der Waals surface area contributed by atoms with Gasteiger partial charge in [0.15, 0.2) is 0 Å². The normalized spacial score (nSPS) is 17.0. The van der Waals surface area contributed by atoms with Gasteiger partial charge in [-0.25, -0.2) is 0 Å². The highest BCUT2D eigenvalue weighted by Gasteiger charge is 2.18. The van der Waals surface area contributed by atoms with Crippen LogP contribution in [0.15, 0.2) is 24.3 Å². The van der Waals surface area contributed by atoms with Gasteiger partial charge in [0.05, 0.1) is 5.92 Å². The Morgan fingerprint density at radius 1 is 1.12 bits per heavy atom. The number of nitrogens with zero attached hydrogens (tertiary/aromatic N) is 1. The van der Waals surface area contributed by atoms with Crippen molar-refractivity contribution in [1.82, 2.24) is 10.2 Å². The molecule has 0 unspecified atom stereocenters. The van der Waals surface area contributed by atoms with E-state index in [1.807, 2.05) is 13.0 Å². The Kier molecular flexibility index (Phi) is 7.77. The van der Waals surface area contributed by atoms with Crippen LogP contribution in [0.25, 0.3) is 0 Å². The van der Waals surface area contributed by atoms with Crippen LogP contribution >= 0.6 is 0 Å². The predicted molar refractivity (Wildman–Crippen MR) is 101 cm³/mol. The Labute approximate surface area is 147 Å². The fourth-order valence-corrected chi connectivity index (χ4v) is 3.57. The van der Waals surface area contributed by atoms with Crippen LogP contribution in [0.1, 0.15) is 63.5 Å². The van der Waals surface area contributed by atoms with E-state index < -0.39 is 0 Å². The van der Waals surface area contributed by atoms with Crippen LogP contribution in [0, 0.1) is 5.92 Å². The third-order valence-corrected chi connectivity index (χ3v) is 4.94. The Morgan fingerprint density at radius 3 is 2.54 bits per heavy atom. The van der Waals surface area contributed by atoms with E-state index in [4.69, 9.17) is 0 Å². The van der Waals surface area contributed by atoms with E-state index in [2.05, 4.69) is 42.3 Å². The van der Waals surface area contributed by atoms with Crippen LogP contribution in [0.3, 0.4) is 0 Å². The van der Waals surface area contributed by atoms with Gasteiger partial charge in [0.2, 0.25) is 5.91 Å². The van der Waals surface area contributed by atoms with Crippen LogP contribution in [-0.4, -0.2) is 37.0 Å². The molecule has 24 heavy (non-hydrogen) atoms. The molecule has 1 fully saturated rings. The molecule has 1 aliphatic rings. The molecule has 3 heteroatoms. The fraction of sp³-hybridized carbons (Fsp3) is 0.667. The molecule has 0 aromatic heterocycles. The van der Waals surface area contributed by atoms with Crippen molar-refractivity contribution in [2.75, 3.05) is 26.2 Å². The first-order chi connectivity index (χ1) is 11.6. The lowest BCUT2D eigenvalue weighted by Gasteiger charge is -2.26. The molecular formula is C21H34N2O. The SMILES string of the molecule is CC(C)Cc1ccccc1[C@@H](C)C(=O)NCCCN1CCCCC1. The summed E-state index contributed by atoms with van der Waals surface area (Å²) in [5, 5.41) is 3.14. The van der Waals surface area contributed by atoms with Gasteiger partial charge in [-0.1, -0.05) is 44.5 Å². The molecule has 1 N–H and O–H groups in total. The highest BCUT2D eigenvalue weighted by atomic mass is 16.1. The molecule has 0 bridgehead atoms. The van der Waals surface area contributed by atoms with E-state index in [0.717, 1.165) is 25.9 Å².